The second kappa shape index (κ2) is 7.09. The predicted molar refractivity (Wildman–Crippen MR) is 118 cm³/mol. The van der Waals surface area contributed by atoms with Crippen molar-refractivity contribution in [1.29, 1.82) is 0 Å². The molecule has 1 heterocycles. The van der Waals surface area contributed by atoms with Crippen LogP contribution in [0.4, 0.5) is 0 Å². The summed E-state index contributed by atoms with van der Waals surface area (Å²) in [4.78, 5) is 8.99. The van der Waals surface area contributed by atoms with Crippen LogP contribution in [0.15, 0.2) is 109 Å². The van der Waals surface area contributed by atoms with E-state index in [0.29, 0.717) is 0 Å². The summed E-state index contributed by atoms with van der Waals surface area (Å²) in [5.41, 5.74) is 1.96. The van der Waals surface area contributed by atoms with E-state index >= 15 is 0 Å². The Balaban J connectivity index is 0.000000145. The van der Waals surface area contributed by atoms with Crippen molar-refractivity contribution in [3.05, 3.63) is 109 Å². The molecular formula is C26H18N2. The van der Waals surface area contributed by atoms with Gasteiger partial charge in [-0.15, -0.1) is 0 Å². The fourth-order valence-electron chi connectivity index (χ4n) is 3.71. The van der Waals surface area contributed by atoms with Crippen LogP contribution in [0.1, 0.15) is 0 Å². The molecule has 0 saturated heterocycles. The van der Waals surface area contributed by atoms with E-state index in [2.05, 4.69) is 94.9 Å². The molecule has 1 aromatic heterocycles. The first-order chi connectivity index (χ1) is 13.9. The van der Waals surface area contributed by atoms with E-state index in [1.807, 2.05) is 12.1 Å². The van der Waals surface area contributed by atoms with Crippen LogP contribution >= 0.6 is 0 Å². The molecule has 0 N–H and O–H groups in total. The van der Waals surface area contributed by atoms with Gasteiger partial charge >= 0.3 is 0 Å². The van der Waals surface area contributed by atoms with Crippen LogP contribution in [0.2, 0.25) is 0 Å². The van der Waals surface area contributed by atoms with Crippen LogP contribution in [0.3, 0.4) is 0 Å². The number of aromatic nitrogens is 2. The quantitative estimate of drug-likeness (QED) is 0.280. The summed E-state index contributed by atoms with van der Waals surface area (Å²) < 4.78 is 0. The van der Waals surface area contributed by atoms with Gasteiger partial charge in [0, 0.05) is 23.2 Å². The van der Waals surface area contributed by atoms with E-state index < -0.39 is 0 Å². The molecule has 0 aliphatic heterocycles. The Morgan fingerprint density at radius 3 is 1.07 bits per heavy atom. The van der Waals surface area contributed by atoms with Crippen molar-refractivity contribution in [2.24, 2.45) is 0 Å². The van der Waals surface area contributed by atoms with Gasteiger partial charge in [-0.05, 0) is 21.5 Å². The molecule has 0 atom stereocenters. The summed E-state index contributed by atoms with van der Waals surface area (Å²) in [6.07, 6.45) is 3.51. The summed E-state index contributed by atoms with van der Waals surface area (Å²) in [5.74, 6) is 0. The van der Waals surface area contributed by atoms with Crippen LogP contribution < -0.4 is 0 Å². The van der Waals surface area contributed by atoms with E-state index in [0.717, 1.165) is 11.0 Å². The van der Waals surface area contributed by atoms with Crippen molar-refractivity contribution in [3.63, 3.8) is 0 Å². The van der Waals surface area contributed by atoms with Gasteiger partial charge in [-0.1, -0.05) is 97.1 Å². The monoisotopic (exact) mass is 358 g/mol. The average molecular weight is 358 g/mol. The third kappa shape index (κ3) is 2.85. The fraction of sp³-hybridized carbons (Fsp3) is 0. The van der Waals surface area contributed by atoms with Crippen molar-refractivity contribution < 1.29 is 0 Å². The molecule has 28 heavy (non-hydrogen) atoms. The Hall–Kier alpha value is -3.78. The highest BCUT2D eigenvalue weighted by Gasteiger charge is 2.08. The van der Waals surface area contributed by atoms with Crippen molar-refractivity contribution in [2.75, 3.05) is 0 Å². The molecular weight excluding hydrogens is 340 g/mol. The maximum atomic E-state index is 4.50. The Morgan fingerprint density at radius 1 is 0.357 bits per heavy atom. The van der Waals surface area contributed by atoms with Crippen molar-refractivity contribution in [1.82, 2.24) is 9.97 Å². The van der Waals surface area contributed by atoms with Gasteiger partial charge in [0.15, 0.2) is 0 Å². The third-order valence-electron chi connectivity index (χ3n) is 5.01. The molecule has 0 fully saturated rings. The van der Waals surface area contributed by atoms with Gasteiger partial charge in [-0.3, -0.25) is 9.97 Å². The van der Waals surface area contributed by atoms with Gasteiger partial charge in [0.2, 0.25) is 0 Å². The Kier molecular flexibility index (Phi) is 4.15. The van der Waals surface area contributed by atoms with E-state index in [-0.39, 0.29) is 0 Å². The normalized spacial score (nSPS) is 10.9. The Morgan fingerprint density at radius 2 is 0.679 bits per heavy atom. The first-order valence-corrected chi connectivity index (χ1v) is 9.36. The molecule has 0 saturated carbocycles. The highest BCUT2D eigenvalue weighted by Crippen LogP contribution is 2.32. The molecule has 2 nitrogen and oxygen atoms in total. The lowest BCUT2D eigenvalue weighted by Gasteiger charge is -2.07. The maximum Gasteiger partial charge on any atom is 0.0971 e. The predicted octanol–water partition coefficient (Wildman–Crippen LogP) is 6.78. The molecule has 0 aliphatic rings. The van der Waals surface area contributed by atoms with Crippen molar-refractivity contribution in [3.8, 4) is 0 Å². The molecule has 0 spiro atoms. The van der Waals surface area contributed by atoms with Gasteiger partial charge < -0.3 is 0 Å². The van der Waals surface area contributed by atoms with Gasteiger partial charge in [-0.25, -0.2) is 0 Å². The van der Waals surface area contributed by atoms with Gasteiger partial charge in [0.25, 0.3) is 0 Å². The summed E-state index contributed by atoms with van der Waals surface area (Å²) >= 11 is 0. The van der Waals surface area contributed by atoms with Gasteiger partial charge in [-0.2, -0.15) is 0 Å². The lowest BCUT2D eigenvalue weighted by atomic mass is 10.00. The minimum Gasteiger partial charge on any atom is -0.252 e. The molecule has 6 rings (SSSR count). The average Bonchev–Trinajstić information content (AvgIpc) is 2.80. The third-order valence-corrected chi connectivity index (χ3v) is 5.01. The number of nitrogens with zero attached hydrogens (tertiary/aromatic N) is 2. The SMILES string of the molecule is c1ccc2c(c1)c1ccccc1c1nccnc21.c1ccc2ccccc2c1. The number of rotatable bonds is 0. The summed E-state index contributed by atoms with van der Waals surface area (Å²) in [6, 6.07) is 33.4. The Labute approximate surface area is 163 Å². The lowest BCUT2D eigenvalue weighted by Crippen LogP contribution is -1.87. The van der Waals surface area contributed by atoms with E-state index in [1.165, 1.54) is 32.3 Å². The first-order valence-electron chi connectivity index (χ1n) is 9.36. The fourth-order valence-corrected chi connectivity index (χ4v) is 3.71. The zero-order valence-corrected chi connectivity index (χ0v) is 15.3. The molecule has 132 valence electrons. The summed E-state index contributed by atoms with van der Waals surface area (Å²) in [5, 5.41) is 7.43. The number of hydrogen-bond acceptors (Lipinski definition) is 2. The Bertz CT molecular complexity index is 1130. The molecule has 0 bridgehead atoms. The standard InChI is InChI=1S/C16H10N2.C10H8/c1-3-7-13-11(5-1)12-6-2-4-8-14(12)16-15(13)17-9-10-18-16;1-2-6-10-8-4-3-7-9(10)5-1/h1-10H;1-8H. The number of benzene rings is 5. The van der Waals surface area contributed by atoms with Crippen LogP contribution in [0, 0.1) is 0 Å². The summed E-state index contributed by atoms with van der Waals surface area (Å²) in [7, 11) is 0. The van der Waals surface area contributed by atoms with Gasteiger partial charge in [0.1, 0.15) is 0 Å². The lowest BCUT2D eigenvalue weighted by molar-refractivity contribution is 1.31. The number of hydrogen-bond donors (Lipinski definition) is 0. The zero-order valence-electron chi connectivity index (χ0n) is 15.3. The molecule has 0 unspecified atom stereocenters. The van der Waals surface area contributed by atoms with Crippen LogP contribution in [-0.4, -0.2) is 9.97 Å². The van der Waals surface area contributed by atoms with E-state index in [4.69, 9.17) is 0 Å². The topological polar surface area (TPSA) is 25.8 Å². The van der Waals surface area contributed by atoms with Gasteiger partial charge in [0.05, 0.1) is 11.0 Å². The molecule has 0 radical (unpaired) electrons. The largest absolute Gasteiger partial charge is 0.252 e. The first kappa shape index (κ1) is 16.4. The molecule has 0 aliphatic carbocycles. The van der Waals surface area contributed by atoms with E-state index in [9.17, 15) is 0 Å². The number of fused-ring (bicyclic) bond motifs is 7. The van der Waals surface area contributed by atoms with Crippen LogP contribution in [0.5, 0.6) is 0 Å². The smallest absolute Gasteiger partial charge is 0.0971 e. The van der Waals surface area contributed by atoms with Crippen molar-refractivity contribution in [2.45, 2.75) is 0 Å². The van der Waals surface area contributed by atoms with Crippen LogP contribution in [-0.2, 0) is 0 Å². The minimum absolute atomic E-state index is 0.979. The molecule has 5 aromatic carbocycles. The van der Waals surface area contributed by atoms with E-state index in [1.54, 1.807) is 12.4 Å². The van der Waals surface area contributed by atoms with Crippen LogP contribution in [0.25, 0.3) is 43.4 Å². The minimum atomic E-state index is 0.979. The second-order valence-corrected chi connectivity index (χ2v) is 6.69. The molecule has 0 amide bonds. The molecule has 2 heteroatoms. The zero-order chi connectivity index (χ0) is 18.8. The van der Waals surface area contributed by atoms with Crippen molar-refractivity contribution >= 4 is 43.4 Å². The maximum absolute atomic E-state index is 4.50. The summed E-state index contributed by atoms with van der Waals surface area (Å²) in [6.45, 7) is 0. The highest BCUT2D eigenvalue weighted by molar-refractivity contribution is 6.22. The molecule has 6 aromatic rings. The highest BCUT2D eigenvalue weighted by atomic mass is 14.8. The second-order valence-electron chi connectivity index (χ2n) is 6.69.